The number of hydrogen-bond donors (Lipinski definition) is 2. The van der Waals surface area contributed by atoms with E-state index in [9.17, 15) is 17.6 Å². The zero-order valence-electron chi connectivity index (χ0n) is 11.5. The van der Waals surface area contributed by atoms with Gasteiger partial charge in [-0.25, -0.2) is 17.9 Å². The number of primary sulfonamides is 1. The van der Waals surface area contributed by atoms with E-state index in [-0.39, 0.29) is 16.1 Å². The maximum atomic E-state index is 13.6. The van der Waals surface area contributed by atoms with Crippen LogP contribution in [0.3, 0.4) is 0 Å². The van der Waals surface area contributed by atoms with E-state index in [1.807, 2.05) is 6.92 Å². The number of sulfonamides is 1. The number of carbonyl (C=O) groups is 1. The van der Waals surface area contributed by atoms with Crippen LogP contribution in [0.2, 0.25) is 0 Å². The maximum absolute atomic E-state index is 13.6. The molecule has 1 aromatic carbocycles. The molecule has 21 heavy (non-hydrogen) atoms. The first-order valence-electron chi connectivity index (χ1n) is 6.02. The van der Waals surface area contributed by atoms with Crippen LogP contribution in [0.1, 0.15) is 23.7 Å². The van der Waals surface area contributed by atoms with Gasteiger partial charge in [0, 0.05) is 11.6 Å². The standard InChI is InChI=1S/C12H16BrFN2O4S/c1-3-7(6-20-2)16-12(17)8-4-11(21(15,18)19)10(14)5-9(8)13/h4-5,7H,3,6H2,1-2H3,(H,16,17)(H2,15,18,19). The van der Waals surface area contributed by atoms with Gasteiger partial charge in [0.25, 0.3) is 5.91 Å². The molecule has 0 aliphatic heterocycles. The number of amides is 1. The second-order valence-electron chi connectivity index (χ2n) is 4.34. The lowest BCUT2D eigenvalue weighted by atomic mass is 10.1. The van der Waals surface area contributed by atoms with Crippen molar-refractivity contribution in [3.8, 4) is 0 Å². The van der Waals surface area contributed by atoms with E-state index in [0.717, 1.165) is 12.1 Å². The Morgan fingerprint density at radius 2 is 2.14 bits per heavy atom. The second kappa shape index (κ2) is 7.30. The molecule has 0 saturated carbocycles. The lowest BCUT2D eigenvalue weighted by Gasteiger charge is -2.17. The topological polar surface area (TPSA) is 98.5 Å². The fourth-order valence-corrected chi connectivity index (χ4v) is 2.76. The summed E-state index contributed by atoms with van der Waals surface area (Å²) in [6, 6.07) is 1.56. The summed E-state index contributed by atoms with van der Waals surface area (Å²) in [6.07, 6.45) is 0.625. The van der Waals surface area contributed by atoms with Crippen molar-refractivity contribution in [1.82, 2.24) is 5.32 Å². The summed E-state index contributed by atoms with van der Waals surface area (Å²) in [5, 5.41) is 7.59. The fraction of sp³-hybridized carbons (Fsp3) is 0.417. The van der Waals surface area contributed by atoms with Crippen molar-refractivity contribution < 1.29 is 22.3 Å². The molecular formula is C12H16BrFN2O4S. The minimum atomic E-state index is -4.25. The Kier molecular flexibility index (Phi) is 6.26. The van der Waals surface area contributed by atoms with Crippen LogP contribution < -0.4 is 10.5 Å². The first kappa shape index (κ1) is 18.0. The summed E-state index contributed by atoms with van der Waals surface area (Å²) in [4.78, 5) is 11.4. The molecule has 1 amide bonds. The number of nitrogens with two attached hydrogens (primary N) is 1. The third-order valence-corrected chi connectivity index (χ3v) is 4.35. The molecule has 3 N–H and O–H groups in total. The molecule has 0 heterocycles. The minimum Gasteiger partial charge on any atom is -0.383 e. The molecule has 0 fully saturated rings. The number of hydrogen-bond acceptors (Lipinski definition) is 4. The molecule has 1 rings (SSSR count). The van der Waals surface area contributed by atoms with Gasteiger partial charge in [-0.1, -0.05) is 6.92 Å². The van der Waals surface area contributed by atoms with Crippen LogP contribution in [0.5, 0.6) is 0 Å². The summed E-state index contributed by atoms with van der Waals surface area (Å²) < 4.78 is 41.3. The smallest absolute Gasteiger partial charge is 0.252 e. The van der Waals surface area contributed by atoms with Gasteiger partial charge in [-0.2, -0.15) is 0 Å². The van der Waals surface area contributed by atoms with E-state index >= 15 is 0 Å². The van der Waals surface area contributed by atoms with Crippen LogP contribution in [-0.2, 0) is 14.8 Å². The number of nitrogens with one attached hydrogen (secondary N) is 1. The quantitative estimate of drug-likeness (QED) is 0.776. The number of benzene rings is 1. The maximum Gasteiger partial charge on any atom is 0.252 e. The number of rotatable bonds is 6. The highest BCUT2D eigenvalue weighted by molar-refractivity contribution is 9.10. The van der Waals surface area contributed by atoms with Crippen molar-refractivity contribution in [3.63, 3.8) is 0 Å². The van der Waals surface area contributed by atoms with Gasteiger partial charge in [0.15, 0.2) is 0 Å². The summed E-state index contributed by atoms with van der Waals surface area (Å²) >= 11 is 3.03. The van der Waals surface area contributed by atoms with Crippen molar-refractivity contribution in [1.29, 1.82) is 0 Å². The first-order valence-corrected chi connectivity index (χ1v) is 8.36. The highest BCUT2D eigenvalue weighted by Crippen LogP contribution is 2.24. The highest BCUT2D eigenvalue weighted by Gasteiger charge is 2.21. The Morgan fingerprint density at radius 3 is 2.62 bits per heavy atom. The average molecular weight is 383 g/mol. The van der Waals surface area contributed by atoms with Gasteiger partial charge in [0.2, 0.25) is 10.0 Å². The van der Waals surface area contributed by atoms with Crippen molar-refractivity contribution in [2.24, 2.45) is 5.14 Å². The predicted octanol–water partition coefficient (Wildman–Crippen LogP) is 1.39. The molecule has 6 nitrogen and oxygen atoms in total. The first-order chi connectivity index (χ1) is 9.70. The Morgan fingerprint density at radius 1 is 1.52 bits per heavy atom. The van der Waals surface area contributed by atoms with Crippen molar-refractivity contribution in [2.75, 3.05) is 13.7 Å². The molecule has 0 aliphatic carbocycles. The van der Waals surface area contributed by atoms with E-state index in [1.54, 1.807) is 0 Å². The molecule has 0 aliphatic rings. The minimum absolute atomic E-state index is 0.0185. The monoisotopic (exact) mass is 382 g/mol. The molecule has 1 aromatic rings. The van der Waals surface area contributed by atoms with E-state index < -0.39 is 26.6 Å². The number of carbonyl (C=O) groups excluding carboxylic acids is 1. The van der Waals surface area contributed by atoms with Gasteiger partial charge in [0.05, 0.1) is 18.2 Å². The summed E-state index contributed by atoms with van der Waals surface area (Å²) in [6.45, 7) is 2.17. The largest absolute Gasteiger partial charge is 0.383 e. The molecule has 0 spiro atoms. The van der Waals surface area contributed by atoms with Crippen LogP contribution in [0.25, 0.3) is 0 Å². The van der Waals surface area contributed by atoms with E-state index in [2.05, 4.69) is 21.2 Å². The second-order valence-corrected chi connectivity index (χ2v) is 6.73. The number of ether oxygens (including phenoxy) is 1. The lowest BCUT2D eigenvalue weighted by molar-refractivity contribution is 0.0893. The van der Waals surface area contributed by atoms with Crippen molar-refractivity contribution in [2.45, 2.75) is 24.3 Å². The molecule has 0 saturated heterocycles. The molecule has 9 heteroatoms. The SMILES string of the molecule is CCC(COC)NC(=O)c1cc(S(N)(=O)=O)c(F)cc1Br. The normalized spacial score (nSPS) is 13.0. The van der Waals surface area contributed by atoms with Crippen LogP contribution >= 0.6 is 15.9 Å². The zero-order valence-corrected chi connectivity index (χ0v) is 13.9. The van der Waals surface area contributed by atoms with Gasteiger partial charge in [-0.15, -0.1) is 0 Å². The van der Waals surface area contributed by atoms with E-state index in [0.29, 0.717) is 13.0 Å². The molecule has 0 radical (unpaired) electrons. The van der Waals surface area contributed by atoms with Crippen molar-refractivity contribution >= 4 is 31.9 Å². The van der Waals surface area contributed by atoms with Gasteiger partial charge in [-0.3, -0.25) is 4.79 Å². The molecule has 1 unspecified atom stereocenters. The Balaban J connectivity index is 3.15. The molecular weight excluding hydrogens is 367 g/mol. The average Bonchev–Trinajstić information content (AvgIpc) is 2.36. The summed E-state index contributed by atoms with van der Waals surface area (Å²) in [5.41, 5.74) is -0.0185. The molecule has 1 atom stereocenters. The number of halogens is 2. The van der Waals surface area contributed by atoms with Crippen LogP contribution in [-0.4, -0.2) is 34.1 Å². The highest BCUT2D eigenvalue weighted by atomic mass is 79.9. The number of methoxy groups -OCH3 is 1. The van der Waals surface area contributed by atoms with Gasteiger partial charge in [0.1, 0.15) is 10.7 Å². The zero-order chi connectivity index (χ0) is 16.2. The van der Waals surface area contributed by atoms with E-state index in [1.165, 1.54) is 7.11 Å². The van der Waals surface area contributed by atoms with Crippen LogP contribution in [0, 0.1) is 5.82 Å². The Hall–Kier alpha value is -1.03. The Labute approximate surface area is 131 Å². The van der Waals surface area contributed by atoms with Crippen LogP contribution in [0.15, 0.2) is 21.5 Å². The van der Waals surface area contributed by atoms with E-state index in [4.69, 9.17) is 9.88 Å². The fourth-order valence-electron chi connectivity index (χ4n) is 1.65. The third-order valence-electron chi connectivity index (χ3n) is 2.77. The third kappa shape index (κ3) is 4.73. The van der Waals surface area contributed by atoms with Gasteiger partial charge < -0.3 is 10.1 Å². The Bertz CT molecular complexity index is 636. The van der Waals surface area contributed by atoms with Crippen LogP contribution in [0.4, 0.5) is 4.39 Å². The lowest BCUT2D eigenvalue weighted by Crippen LogP contribution is -2.37. The van der Waals surface area contributed by atoms with Crippen molar-refractivity contribution in [3.05, 3.63) is 28.0 Å². The molecule has 0 bridgehead atoms. The predicted molar refractivity (Wildman–Crippen MR) is 78.9 cm³/mol. The van der Waals surface area contributed by atoms with Gasteiger partial charge >= 0.3 is 0 Å². The van der Waals surface area contributed by atoms with Gasteiger partial charge in [-0.05, 0) is 34.5 Å². The summed E-state index contributed by atoms with van der Waals surface area (Å²) in [5.74, 6) is -1.57. The molecule has 0 aromatic heterocycles. The molecule has 118 valence electrons. The summed E-state index contributed by atoms with van der Waals surface area (Å²) in [7, 11) is -2.75.